The first-order chi connectivity index (χ1) is 13.6. The van der Waals surface area contributed by atoms with Crippen LogP contribution in [0.4, 0.5) is 10.6 Å². The maximum Gasteiger partial charge on any atom is 0.350 e. The fourth-order valence-electron chi connectivity index (χ4n) is 2.25. The Morgan fingerprint density at radius 3 is 2.45 bits per heavy atom. The summed E-state index contributed by atoms with van der Waals surface area (Å²) in [5.41, 5.74) is 0.139. The van der Waals surface area contributed by atoms with Crippen molar-refractivity contribution in [3.8, 4) is 10.6 Å². The van der Waals surface area contributed by atoms with Crippen molar-refractivity contribution >= 4 is 35.1 Å². The van der Waals surface area contributed by atoms with Crippen molar-refractivity contribution < 1.29 is 19.1 Å². The predicted molar refractivity (Wildman–Crippen MR) is 111 cm³/mol. The second-order valence-corrected chi connectivity index (χ2v) is 8.04. The van der Waals surface area contributed by atoms with Crippen LogP contribution in [-0.2, 0) is 4.74 Å². The predicted octanol–water partition coefficient (Wildman–Crippen LogP) is 3.05. The van der Waals surface area contributed by atoms with Gasteiger partial charge < -0.3 is 15.4 Å². The van der Waals surface area contributed by atoms with Gasteiger partial charge in [0.05, 0.1) is 6.61 Å². The van der Waals surface area contributed by atoms with Gasteiger partial charge >= 0.3 is 12.0 Å². The Bertz CT molecular complexity index is 887. The van der Waals surface area contributed by atoms with E-state index in [1.54, 1.807) is 19.1 Å². The van der Waals surface area contributed by atoms with Gasteiger partial charge in [-0.15, -0.1) is 11.3 Å². The minimum atomic E-state index is -0.599. The number of esters is 1. The Hall–Kier alpha value is -3.01. The van der Waals surface area contributed by atoms with E-state index in [0.717, 1.165) is 11.3 Å². The molecule has 0 saturated heterocycles. The molecule has 3 amide bonds. The number of hydrogen-bond donors (Lipinski definition) is 3. The molecule has 0 aromatic carbocycles. The maximum atomic E-state index is 12.6. The molecule has 2 aromatic heterocycles. The Labute approximate surface area is 173 Å². The zero-order valence-corrected chi connectivity index (χ0v) is 17.9. The lowest BCUT2D eigenvalue weighted by molar-refractivity contribution is 0.0527. The van der Waals surface area contributed by atoms with Crippen LogP contribution in [0, 0.1) is 0 Å². The van der Waals surface area contributed by atoms with Crippen LogP contribution in [0.15, 0.2) is 18.3 Å². The van der Waals surface area contributed by atoms with E-state index in [1.165, 1.54) is 6.20 Å². The first kappa shape index (κ1) is 22.3. The van der Waals surface area contributed by atoms with E-state index in [0.29, 0.717) is 22.9 Å². The van der Waals surface area contributed by atoms with Gasteiger partial charge in [-0.05, 0) is 46.8 Å². The molecule has 0 radical (unpaired) electrons. The third-order valence-corrected chi connectivity index (χ3v) is 4.47. The Morgan fingerprint density at radius 1 is 1.17 bits per heavy atom. The number of urea groups is 1. The van der Waals surface area contributed by atoms with Gasteiger partial charge in [-0.2, -0.15) is 0 Å². The van der Waals surface area contributed by atoms with Gasteiger partial charge in [0.2, 0.25) is 0 Å². The van der Waals surface area contributed by atoms with Crippen LogP contribution in [0.1, 0.15) is 54.8 Å². The number of pyridine rings is 1. The highest BCUT2D eigenvalue weighted by Gasteiger charge is 2.27. The fraction of sp³-hybridized carbons (Fsp3) is 0.421. The molecule has 0 aliphatic rings. The molecule has 0 spiro atoms. The van der Waals surface area contributed by atoms with Crippen LogP contribution >= 0.6 is 11.3 Å². The fourth-order valence-corrected chi connectivity index (χ4v) is 3.19. The highest BCUT2D eigenvalue weighted by molar-refractivity contribution is 7.17. The minimum Gasteiger partial charge on any atom is -0.462 e. The van der Waals surface area contributed by atoms with Crippen molar-refractivity contribution in [1.29, 1.82) is 0 Å². The number of nitrogens with zero attached hydrogens (tertiary/aromatic N) is 2. The number of ether oxygens (including phenoxy) is 1. The number of aromatic nitrogens is 2. The van der Waals surface area contributed by atoms with Crippen molar-refractivity contribution in [3.63, 3.8) is 0 Å². The first-order valence-electron chi connectivity index (χ1n) is 9.16. The molecule has 2 rings (SSSR count). The molecule has 9 nitrogen and oxygen atoms in total. The third kappa shape index (κ3) is 6.24. The summed E-state index contributed by atoms with van der Waals surface area (Å²) >= 11 is 1.06. The van der Waals surface area contributed by atoms with Crippen LogP contribution in [0.3, 0.4) is 0 Å². The van der Waals surface area contributed by atoms with E-state index in [-0.39, 0.29) is 23.2 Å². The molecule has 2 aromatic rings. The molecule has 0 aliphatic carbocycles. The van der Waals surface area contributed by atoms with Crippen LogP contribution in [-0.4, -0.2) is 46.6 Å². The molecule has 0 unspecified atom stereocenters. The number of thiazole rings is 1. The quantitative estimate of drug-likeness (QED) is 0.619. The summed E-state index contributed by atoms with van der Waals surface area (Å²) in [7, 11) is 0. The molecule has 3 N–H and O–H groups in total. The lowest BCUT2D eigenvalue weighted by Gasteiger charge is -2.19. The maximum absolute atomic E-state index is 12.6. The van der Waals surface area contributed by atoms with E-state index < -0.39 is 17.4 Å². The second kappa shape index (κ2) is 9.46. The topological polar surface area (TPSA) is 122 Å². The Morgan fingerprint density at radius 2 is 1.90 bits per heavy atom. The Kier molecular flexibility index (Phi) is 7.27. The van der Waals surface area contributed by atoms with Gasteiger partial charge in [0.25, 0.3) is 5.91 Å². The van der Waals surface area contributed by atoms with Gasteiger partial charge in [0, 0.05) is 23.8 Å². The van der Waals surface area contributed by atoms with Crippen molar-refractivity contribution in [2.75, 3.05) is 18.5 Å². The highest BCUT2D eigenvalue weighted by atomic mass is 32.1. The molecule has 2 heterocycles. The van der Waals surface area contributed by atoms with Gasteiger partial charge in [-0.25, -0.2) is 19.6 Å². The molecule has 29 heavy (non-hydrogen) atoms. The molecule has 10 heteroatoms. The normalized spacial score (nSPS) is 10.9. The van der Waals surface area contributed by atoms with E-state index in [4.69, 9.17) is 4.74 Å². The van der Waals surface area contributed by atoms with Crippen molar-refractivity contribution in [3.05, 3.63) is 28.9 Å². The minimum absolute atomic E-state index is 0.0166. The van der Waals surface area contributed by atoms with Crippen LogP contribution in [0.25, 0.3) is 10.6 Å². The molecule has 0 fully saturated rings. The monoisotopic (exact) mass is 419 g/mol. The zero-order valence-electron chi connectivity index (χ0n) is 17.1. The largest absolute Gasteiger partial charge is 0.462 e. The third-order valence-electron chi connectivity index (χ3n) is 3.38. The molecular weight excluding hydrogens is 394 g/mol. The van der Waals surface area contributed by atoms with Crippen LogP contribution in [0.2, 0.25) is 0 Å². The molecule has 156 valence electrons. The molecule has 0 bridgehead atoms. The number of anilines is 1. The van der Waals surface area contributed by atoms with Gasteiger partial charge in [0.1, 0.15) is 15.7 Å². The van der Waals surface area contributed by atoms with Gasteiger partial charge in [-0.1, -0.05) is 0 Å². The lowest BCUT2D eigenvalue weighted by atomic mass is 10.1. The summed E-state index contributed by atoms with van der Waals surface area (Å²) in [5.74, 6) is -0.684. The zero-order chi connectivity index (χ0) is 21.6. The standard InChI is InChI=1S/C19H25N5O4S/c1-6-20-18(27)22-12-9-8-11(10-21-12)16-23-13(15(25)24-19(3,4)5)14(29-16)17(26)28-7-2/h8-10H,6-7H2,1-5H3,(H,24,25)(H2,20,21,22,27). The number of carbonyl (C=O) groups excluding carboxylic acids is 3. The summed E-state index contributed by atoms with van der Waals surface area (Å²) in [6, 6.07) is 2.96. The summed E-state index contributed by atoms with van der Waals surface area (Å²) in [4.78, 5) is 45.2. The molecule has 0 saturated carbocycles. The summed E-state index contributed by atoms with van der Waals surface area (Å²) in [6.07, 6.45) is 1.51. The highest BCUT2D eigenvalue weighted by Crippen LogP contribution is 2.29. The van der Waals surface area contributed by atoms with Crippen LogP contribution < -0.4 is 16.0 Å². The van der Waals surface area contributed by atoms with E-state index in [1.807, 2.05) is 27.7 Å². The average molecular weight is 420 g/mol. The molecule has 0 atom stereocenters. The van der Waals surface area contributed by atoms with Gasteiger partial charge in [-0.3, -0.25) is 10.1 Å². The van der Waals surface area contributed by atoms with Crippen molar-refractivity contribution in [2.45, 2.75) is 40.2 Å². The summed E-state index contributed by atoms with van der Waals surface area (Å²) < 4.78 is 5.07. The number of amides is 3. The van der Waals surface area contributed by atoms with Gasteiger partial charge in [0.15, 0.2) is 5.69 Å². The number of carbonyl (C=O) groups is 3. The average Bonchev–Trinajstić information content (AvgIpc) is 3.07. The number of hydrogen-bond acceptors (Lipinski definition) is 7. The number of rotatable bonds is 6. The SMILES string of the molecule is CCNC(=O)Nc1ccc(-c2nc(C(=O)NC(C)(C)C)c(C(=O)OCC)s2)cn1. The van der Waals surface area contributed by atoms with E-state index in [9.17, 15) is 14.4 Å². The summed E-state index contributed by atoms with van der Waals surface area (Å²) in [5, 5.41) is 8.47. The van der Waals surface area contributed by atoms with E-state index >= 15 is 0 Å². The molecular formula is C19H25N5O4S. The van der Waals surface area contributed by atoms with Crippen molar-refractivity contribution in [2.24, 2.45) is 0 Å². The Balaban J connectivity index is 2.33. The lowest BCUT2D eigenvalue weighted by Crippen LogP contribution is -2.41. The van der Waals surface area contributed by atoms with Crippen LogP contribution in [0.5, 0.6) is 0 Å². The summed E-state index contributed by atoms with van der Waals surface area (Å²) in [6.45, 7) is 9.71. The second-order valence-electron chi connectivity index (χ2n) is 7.04. The molecule has 0 aliphatic heterocycles. The number of nitrogens with one attached hydrogen (secondary N) is 3. The first-order valence-corrected chi connectivity index (χ1v) is 9.98. The van der Waals surface area contributed by atoms with E-state index in [2.05, 4.69) is 25.9 Å². The smallest absolute Gasteiger partial charge is 0.350 e. The van der Waals surface area contributed by atoms with Crippen molar-refractivity contribution in [1.82, 2.24) is 20.6 Å².